The molecule has 1 saturated heterocycles. The fourth-order valence-electron chi connectivity index (χ4n) is 3.73. The maximum Gasteiger partial charge on any atom is 0.256 e. The van der Waals surface area contributed by atoms with Gasteiger partial charge in [-0.05, 0) is 46.8 Å². The molecule has 36 heavy (non-hydrogen) atoms. The number of benzene rings is 1. The van der Waals surface area contributed by atoms with Crippen molar-refractivity contribution in [1.29, 1.82) is 0 Å². The normalized spacial score (nSPS) is 19.2. The number of anilines is 2. The number of morpholine rings is 1. The van der Waals surface area contributed by atoms with Crippen molar-refractivity contribution in [3.8, 4) is 11.3 Å². The summed E-state index contributed by atoms with van der Waals surface area (Å²) in [7, 11) is 0. The van der Waals surface area contributed by atoms with Crippen molar-refractivity contribution in [2.45, 2.75) is 52.4 Å². The summed E-state index contributed by atoms with van der Waals surface area (Å²) in [4.78, 5) is 35.9. The number of thiazole rings is 1. The largest absolute Gasteiger partial charge is 0.404 e. The number of hydrogen-bond donors (Lipinski definition) is 3. The highest BCUT2D eigenvalue weighted by Crippen LogP contribution is 2.29. The van der Waals surface area contributed by atoms with Gasteiger partial charge in [0.1, 0.15) is 5.17 Å². The molecule has 0 aliphatic carbocycles. The molecule has 1 aromatic carbocycles. The van der Waals surface area contributed by atoms with Crippen LogP contribution in [0.25, 0.3) is 11.3 Å². The van der Waals surface area contributed by atoms with Gasteiger partial charge in [-0.1, -0.05) is 23.7 Å². The third-order valence-electron chi connectivity index (χ3n) is 5.15. The van der Waals surface area contributed by atoms with Gasteiger partial charge >= 0.3 is 0 Å². The molecule has 1 aliphatic rings. The standard InChI is InChI=1S/C25H33ClN6O3S/c1-15-12-32(13-16(2)35-15)18-8-6-7-17(9-18)20-14-36-24(29-20)30-21(33)11-28-23(34)19(10-27)22(26)31-25(3,4)5/h6-10,14-16H,11-13,27H2,1-5H3,(H,28,34)(H,29,30,33)/b19-10+,31-22?/t15-,16+. The molecule has 1 aromatic heterocycles. The maximum atomic E-state index is 12.4. The number of amides is 2. The number of halogens is 1. The van der Waals surface area contributed by atoms with Gasteiger partial charge in [0.05, 0.1) is 35.6 Å². The second-order valence-corrected chi connectivity index (χ2v) is 10.9. The quantitative estimate of drug-likeness (QED) is 0.368. The Bertz CT molecular complexity index is 1150. The minimum absolute atomic E-state index is 0.000126. The second kappa shape index (κ2) is 11.9. The first kappa shape index (κ1) is 27.6. The van der Waals surface area contributed by atoms with E-state index in [1.807, 2.05) is 38.3 Å². The zero-order valence-electron chi connectivity index (χ0n) is 21.2. The molecule has 0 spiro atoms. The number of rotatable bonds is 7. The number of nitrogens with two attached hydrogens (primary N) is 1. The van der Waals surface area contributed by atoms with Gasteiger partial charge in [0.25, 0.3) is 5.91 Å². The summed E-state index contributed by atoms with van der Waals surface area (Å²) in [6.45, 7) is 11.1. The molecule has 0 radical (unpaired) electrons. The smallest absolute Gasteiger partial charge is 0.256 e. The number of nitrogens with zero attached hydrogens (tertiary/aromatic N) is 3. The summed E-state index contributed by atoms with van der Waals surface area (Å²) in [5.41, 5.74) is 7.88. The van der Waals surface area contributed by atoms with E-state index in [1.165, 1.54) is 11.3 Å². The van der Waals surface area contributed by atoms with Gasteiger partial charge in [0.15, 0.2) is 5.13 Å². The van der Waals surface area contributed by atoms with E-state index in [4.69, 9.17) is 22.1 Å². The average molecular weight is 533 g/mol. The zero-order valence-corrected chi connectivity index (χ0v) is 22.7. The molecule has 9 nitrogen and oxygen atoms in total. The minimum atomic E-state index is -0.589. The molecule has 2 atom stereocenters. The molecule has 3 rings (SSSR count). The molecule has 2 aromatic rings. The number of aliphatic imine (C=N–C) groups is 1. The van der Waals surface area contributed by atoms with E-state index in [2.05, 4.69) is 51.5 Å². The summed E-state index contributed by atoms with van der Waals surface area (Å²) in [5.74, 6) is -1.01. The molecule has 1 fully saturated rings. The number of ether oxygens (including phenoxy) is 1. The summed E-state index contributed by atoms with van der Waals surface area (Å²) in [5, 5.41) is 7.52. The van der Waals surface area contributed by atoms with Crippen LogP contribution < -0.4 is 21.3 Å². The highest BCUT2D eigenvalue weighted by molar-refractivity contribution is 7.14. The first-order chi connectivity index (χ1) is 16.9. The number of hydrogen-bond acceptors (Lipinski definition) is 8. The summed E-state index contributed by atoms with van der Waals surface area (Å²) < 4.78 is 5.84. The number of aromatic nitrogens is 1. The van der Waals surface area contributed by atoms with E-state index in [0.717, 1.165) is 36.2 Å². The van der Waals surface area contributed by atoms with Gasteiger partial charge < -0.3 is 26.0 Å². The van der Waals surface area contributed by atoms with Crippen molar-refractivity contribution >= 4 is 50.7 Å². The van der Waals surface area contributed by atoms with E-state index < -0.39 is 17.4 Å². The first-order valence-electron chi connectivity index (χ1n) is 11.7. The van der Waals surface area contributed by atoms with Crippen LogP contribution in [0, 0.1) is 0 Å². The van der Waals surface area contributed by atoms with Crippen molar-refractivity contribution in [2.24, 2.45) is 10.7 Å². The Labute approximate surface area is 220 Å². The van der Waals surface area contributed by atoms with Crippen LogP contribution >= 0.6 is 22.9 Å². The highest BCUT2D eigenvalue weighted by atomic mass is 35.5. The SMILES string of the molecule is C[C@@H]1CN(c2cccc(-c3csc(NC(=O)CNC(=O)/C(=C/N)C(Cl)=NC(C)(C)C)n3)c2)C[C@H](C)O1. The van der Waals surface area contributed by atoms with Gasteiger partial charge in [-0.25, -0.2) is 4.98 Å². The van der Waals surface area contributed by atoms with Crippen molar-refractivity contribution in [3.63, 3.8) is 0 Å². The minimum Gasteiger partial charge on any atom is -0.404 e. The van der Waals surface area contributed by atoms with Crippen LogP contribution in [-0.2, 0) is 14.3 Å². The number of nitrogens with one attached hydrogen (secondary N) is 2. The Kier molecular flexibility index (Phi) is 9.10. The first-order valence-corrected chi connectivity index (χ1v) is 12.9. The predicted molar refractivity (Wildman–Crippen MR) is 147 cm³/mol. The van der Waals surface area contributed by atoms with Gasteiger partial charge in [0, 0.05) is 35.9 Å². The third-order valence-corrected chi connectivity index (χ3v) is 6.20. The highest BCUT2D eigenvalue weighted by Gasteiger charge is 2.23. The van der Waals surface area contributed by atoms with Crippen molar-refractivity contribution < 1.29 is 14.3 Å². The van der Waals surface area contributed by atoms with Crippen LogP contribution in [0.4, 0.5) is 10.8 Å². The van der Waals surface area contributed by atoms with Crippen LogP contribution in [0.3, 0.4) is 0 Å². The van der Waals surface area contributed by atoms with Crippen LogP contribution in [0.15, 0.2) is 46.4 Å². The molecule has 0 bridgehead atoms. The van der Waals surface area contributed by atoms with Gasteiger partial charge in [-0.15, -0.1) is 11.3 Å². The van der Waals surface area contributed by atoms with Gasteiger partial charge in [0.2, 0.25) is 5.91 Å². The lowest BCUT2D eigenvalue weighted by Gasteiger charge is -2.37. The van der Waals surface area contributed by atoms with Crippen LogP contribution in [0.2, 0.25) is 0 Å². The molecule has 0 unspecified atom stereocenters. The van der Waals surface area contributed by atoms with E-state index in [1.54, 1.807) is 0 Å². The molecule has 4 N–H and O–H groups in total. The molecule has 194 valence electrons. The molecule has 2 heterocycles. The Morgan fingerprint density at radius 3 is 2.64 bits per heavy atom. The Morgan fingerprint density at radius 1 is 1.31 bits per heavy atom. The van der Waals surface area contributed by atoms with Crippen LogP contribution in [0.5, 0.6) is 0 Å². The van der Waals surface area contributed by atoms with Crippen molar-refractivity contribution in [3.05, 3.63) is 41.4 Å². The average Bonchev–Trinajstić information content (AvgIpc) is 3.25. The zero-order chi connectivity index (χ0) is 26.5. The molecule has 1 aliphatic heterocycles. The topological polar surface area (TPSA) is 122 Å². The Balaban J connectivity index is 1.59. The fraction of sp³-hybridized carbons (Fsp3) is 0.440. The third kappa shape index (κ3) is 7.78. The monoisotopic (exact) mass is 532 g/mol. The predicted octanol–water partition coefficient (Wildman–Crippen LogP) is 3.76. The molecule has 0 saturated carbocycles. The molecular weight excluding hydrogens is 500 g/mol. The van der Waals surface area contributed by atoms with Crippen LogP contribution in [0.1, 0.15) is 34.6 Å². The van der Waals surface area contributed by atoms with Crippen molar-refractivity contribution in [2.75, 3.05) is 29.9 Å². The summed E-state index contributed by atoms with van der Waals surface area (Å²) in [6, 6.07) is 8.16. The lowest BCUT2D eigenvalue weighted by atomic mass is 10.1. The van der Waals surface area contributed by atoms with Crippen molar-refractivity contribution in [1.82, 2.24) is 10.3 Å². The van der Waals surface area contributed by atoms with E-state index in [0.29, 0.717) is 5.13 Å². The molecular formula is C25H33ClN6O3S. The van der Waals surface area contributed by atoms with E-state index in [-0.39, 0.29) is 29.5 Å². The van der Waals surface area contributed by atoms with E-state index >= 15 is 0 Å². The lowest BCUT2D eigenvalue weighted by Crippen LogP contribution is -2.45. The number of carbonyl (C=O) groups is 2. The summed E-state index contributed by atoms with van der Waals surface area (Å²) >= 11 is 7.44. The van der Waals surface area contributed by atoms with Gasteiger partial charge in [-0.2, -0.15) is 0 Å². The van der Waals surface area contributed by atoms with Crippen LogP contribution in [-0.4, -0.2) is 59.4 Å². The molecule has 11 heteroatoms. The Hall–Kier alpha value is -2.95. The van der Waals surface area contributed by atoms with E-state index in [9.17, 15) is 9.59 Å². The lowest BCUT2D eigenvalue weighted by molar-refractivity contribution is -0.121. The summed E-state index contributed by atoms with van der Waals surface area (Å²) in [6.07, 6.45) is 1.40. The Morgan fingerprint density at radius 2 is 2.00 bits per heavy atom. The fourth-order valence-corrected chi connectivity index (χ4v) is 4.86. The van der Waals surface area contributed by atoms with Gasteiger partial charge in [-0.3, -0.25) is 14.6 Å². The second-order valence-electron chi connectivity index (χ2n) is 9.64. The maximum absolute atomic E-state index is 12.4. The molecule has 2 amide bonds. The number of carbonyl (C=O) groups excluding carboxylic acids is 2.